The number of carbonyl (C=O) groups excluding carboxylic acids is 1. The number of allylic oxidation sites excluding steroid dienone is 4. The molecule has 2 aliphatic rings. The summed E-state index contributed by atoms with van der Waals surface area (Å²) in [6, 6.07) is 12.3. The molecule has 0 fully saturated rings. The van der Waals surface area contributed by atoms with Gasteiger partial charge < -0.3 is 19.4 Å². The predicted molar refractivity (Wildman–Crippen MR) is 166 cm³/mol. The molecule has 0 aliphatic carbocycles. The van der Waals surface area contributed by atoms with Gasteiger partial charge in [-0.3, -0.25) is 4.55 Å². The van der Waals surface area contributed by atoms with Crippen LogP contribution in [0.3, 0.4) is 0 Å². The van der Waals surface area contributed by atoms with Crippen LogP contribution in [0.2, 0.25) is 0 Å². The van der Waals surface area contributed by atoms with Gasteiger partial charge >= 0.3 is 29.6 Å². The summed E-state index contributed by atoms with van der Waals surface area (Å²) in [5.41, 5.74) is 3.94. The quantitative estimate of drug-likeness (QED) is 0.186. The fourth-order valence-electron chi connectivity index (χ4n) is 6.83. The molecule has 2 aromatic rings. The van der Waals surface area contributed by atoms with Gasteiger partial charge in [-0.15, -0.1) is 0 Å². The van der Waals surface area contributed by atoms with Crippen molar-refractivity contribution in [2.75, 3.05) is 23.7 Å². The number of rotatable bonds is 13. The third-order valence-electron chi connectivity index (χ3n) is 8.92. The molecule has 2 unspecified atom stereocenters. The number of fused-ring (bicyclic) bond motifs is 2. The molecule has 238 valence electrons. The van der Waals surface area contributed by atoms with Crippen molar-refractivity contribution >= 4 is 43.3 Å². The summed E-state index contributed by atoms with van der Waals surface area (Å²) in [6.07, 6.45) is 7.22. The molecule has 0 amide bonds. The van der Waals surface area contributed by atoms with Crippen LogP contribution in [0.25, 0.3) is 0 Å². The van der Waals surface area contributed by atoms with Crippen molar-refractivity contribution in [1.29, 1.82) is 0 Å². The number of hydrogen-bond donors (Lipinski definition) is 1. The fraction of sp³-hybridized carbons (Fsp3) is 0.438. The number of carbonyl (C=O) groups is 1. The van der Waals surface area contributed by atoms with E-state index in [2.05, 4.69) is 30.6 Å². The smallest absolute Gasteiger partial charge is 0.744 e. The third kappa shape index (κ3) is 7.64. The fourth-order valence-corrected chi connectivity index (χ4v) is 7.84. The summed E-state index contributed by atoms with van der Waals surface area (Å²) in [4.78, 5) is 12.9. The monoisotopic (exact) mass is 666 g/mol. The molecule has 45 heavy (non-hydrogen) atoms. The molecule has 0 spiro atoms. The van der Waals surface area contributed by atoms with Gasteiger partial charge in [0, 0.05) is 47.0 Å². The van der Waals surface area contributed by atoms with Crippen molar-refractivity contribution in [3.63, 3.8) is 0 Å². The molecule has 2 aliphatic heterocycles. The number of para-hydroxylation sites is 1. The number of likely N-dealkylation sites (N-methyl/N-ethyl adjacent to an activating group) is 1. The van der Waals surface area contributed by atoms with Crippen molar-refractivity contribution in [3.8, 4) is 0 Å². The van der Waals surface area contributed by atoms with Crippen LogP contribution in [-0.4, -0.2) is 61.0 Å². The molecule has 2 heterocycles. The maximum absolute atomic E-state index is 11.9. The molecule has 2 aromatic carbocycles. The molecule has 2 atom stereocenters. The van der Waals surface area contributed by atoms with Gasteiger partial charge in [-0.2, -0.15) is 13.0 Å². The Morgan fingerprint density at radius 2 is 1.67 bits per heavy atom. The zero-order valence-electron chi connectivity index (χ0n) is 26.4. The number of benzene rings is 2. The average Bonchev–Trinajstić information content (AvgIpc) is 3.32. The summed E-state index contributed by atoms with van der Waals surface area (Å²) in [6.45, 7) is 9.20. The molecule has 4 rings (SSSR count). The molecule has 0 saturated carbocycles. The topological polar surface area (TPSA) is 158 Å². The van der Waals surface area contributed by atoms with E-state index >= 15 is 0 Å². The number of hydrogen-bond acceptors (Lipinski definition) is 8. The van der Waals surface area contributed by atoms with Gasteiger partial charge in [0.15, 0.2) is 5.71 Å². The van der Waals surface area contributed by atoms with Crippen molar-refractivity contribution < 1.29 is 70.0 Å². The minimum absolute atomic E-state index is 0. The van der Waals surface area contributed by atoms with Crippen molar-refractivity contribution in [2.24, 2.45) is 0 Å². The maximum Gasteiger partial charge on any atom is 1.00 e. The molecular formula is C32H39N2NaO8S2. The van der Waals surface area contributed by atoms with Gasteiger partial charge in [-0.1, -0.05) is 24.3 Å². The van der Waals surface area contributed by atoms with Crippen molar-refractivity contribution in [3.05, 3.63) is 77.5 Å². The Hall–Kier alpha value is -2.32. The van der Waals surface area contributed by atoms with Gasteiger partial charge in [0.1, 0.15) is 16.7 Å². The molecule has 0 bridgehead atoms. The first-order valence-electron chi connectivity index (χ1n) is 14.7. The standard InChI is InChI=1S/C32H40N2O8S2.Na/c1-5-33-26-13-8-7-12-24(26)31(3,19-10-16-30(35)36)28(33)14-9-15-29-32(4,20-11-21-43(37,38)39)25-22-23(44(40,41)42)17-18-27(25)34(29)6-2;/h7-9,12-15,17-18,22H,5-6,10-11,16,19-21H2,1-4H3,(H2-,35,36,37,38,39,40,41,42);/q;+1/p-1. The van der Waals surface area contributed by atoms with Crippen LogP contribution in [0, 0.1) is 0 Å². The van der Waals surface area contributed by atoms with E-state index in [0.29, 0.717) is 31.5 Å². The van der Waals surface area contributed by atoms with E-state index in [1.807, 2.05) is 49.1 Å². The largest absolute Gasteiger partial charge is 1.00 e. The van der Waals surface area contributed by atoms with E-state index in [9.17, 15) is 35.8 Å². The van der Waals surface area contributed by atoms with E-state index in [1.54, 1.807) is 6.07 Å². The number of nitrogens with zero attached hydrogens (tertiary/aromatic N) is 2. The Kier molecular flexibility index (Phi) is 11.7. The first kappa shape index (κ1) is 37.1. The number of aliphatic carboxylic acids is 1. The number of carboxylic acids is 1. The molecule has 13 heteroatoms. The molecule has 0 saturated heterocycles. The predicted octanol–water partition coefficient (Wildman–Crippen LogP) is 0.797. The van der Waals surface area contributed by atoms with Gasteiger partial charge in [0.25, 0.3) is 10.1 Å². The Labute approximate surface area is 288 Å². The second-order valence-electron chi connectivity index (χ2n) is 11.7. The normalized spacial score (nSPS) is 22.2. The van der Waals surface area contributed by atoms with Crippen LogP contribution in [0.1, 0.15) is 70.9 Å². The van der Waals surface area contributed by atoms with Crippen LogP contribution in [0.5, 0.6) is 0 Å². The van der Waals surface area contributed by atoms with Crippen LogP contribution in [0.4, 0.5) is 11.4 Å². The SMILES string of the molecule is CCN1C(=CC=CC2=[N+](CC)c3ccccc3C2(C)CCCC(=O)[O-])C(C)(CCCS(=O)(=O)O)c2cc(S(=O)(=O)[O-])ccc21.[Na+]. The van der Waals surface area contributed by atoms with E-state index in [4.69, 9.17) is 0 Å². The third-order valence-corrected chi connectivity index (χ3v) is 10.6. The first-order chi connectivity index (χ1) is 20.6. The summed E-state index contributed by atoms with van der Waals surface area (Å²) in [5.74, 6) is -1.55. The van der Waals surface area contributed by atoms with E-state index < -0.39 is 42.8 Å². The van der Waals surface area contributed by atoms with Crippen molar-refractivity contribution in [1.82, 2.24) is 0 Å². The van der Waals surface area contributed by atoms with Gasteiger partial charge in [-0.05, 0) is 89.6 Å². The maximum atomic E-state index is 11.9. The molecule has 1 N–H and O–H groups in total. The van der Waals surface area contributed by atoms with Crippen LogP contribution < -0.4 is 39.6 Å². The second-order valence-corrected chi connectivity index (χ2v) is 14.7. The van der Waals surface area contributed by atoms with Gasteiger partial charge in [0.05, 0.1) is 16.1 Å². The molecule has 0 aromatic heterocycles. The minimum Gasteiger partial charge on any atom is -0.744 e. The van der Waals surface area contributed by atoms with E-state index in [-0.39, 0.29) is 53.7 Å². The van der Waals surface area contributed by atoms with Gasteiger partial charge in [-0.25, -0.2) is 8.42 Å². The molecule has 0 radical (unpaired) electrons. The average molecular weight is 667 g/mol. The Morgan fingerprint density at radius 1 is 1.00 bits per heavy atom. The second kappa shape index (κ2) is 14.2. The summed E-state index contributed by atoms with van der Waals surface area (Å²) >= 11 is 0. The zero-order chi connectivity index (χ0) is 32.5. The Balaban J connectivity index is 0.00000552. The van der Waals surface area contributed by atoms with E-state index in [0.717, 1.165) is 28.3 Å². The van der Waals surface area contributed by atoms with Gasteiger partial charge in [0.2, 0.25) is 5.69 Å². The van der Waals surface area contributed by atoms with Crippen molar-refractivity contribution in [2.45, 2.75) is 75.5 Å². The summed E-state index contributed by atoms with van der Waals surface area (Å²) < 4.78 is 70.4. The minimum atomic E-state index is -4.74. The van der Waals surface area contributed by atoms with E-state index in [1.165, 1.54) is 12.1 Å². The van der Waals surface area contributed by atoms with Crippen LogP contribution in [0.15, 0.2) is 71.3 Å². The molecule has 10 nitrogen and oxygen atoms in total. The summed E-state index contributed by atoms with van der Waals surface area (Å²) in [7, 11) is -8.96. The first-order valence-corrected chi connectivity index (χ1v) is 17.7. The Bertz CT molecular complexity index is 1770. The zero-order valence-corrected chi connectivity index (χ0v) is 30.1. The number of carboxylic acid groups (broad SMARTS) is 1. The molecular weight excluding hydrogens is 627 g/mol. The Morgan fingerprint density at radius 3 is 2.27 bits per heavy atom. The number of anilines is 1. The summed E-state index contributed by atoms with van der Waals surface area (Å²) in [5, 5.41) is 11.2. The van der Waals surface area contributed by atoms with Crippen LogP contribution in [-0.2, 0) is 35.9 Å². The van der Waals surface area contributed by atoms with Crippen LogP contribution >= 0.6 is 0 Å².